The Hall–Kier alpha value is -1.82. The molecule has 0 aromatic heterocycles. The van der Waals surface area contributed by atoms with Gasteiger partial charge >= 0.3 is 20.4 Å². The quantitative estimate of drug-likeness (QED) is 0.0370. The number of allylic oxidation sites excluding steroid dienone is 2. The standard InChI is InChI=1S/C49H78N2.2C2H5.Pd/c1-9-17-25-33-47-46(32-24-16-8)48(42-34-38(26-18-10-2)44(30-22-14-6)39(35-42)27-19-11-3)51(50)49(47)43-36-40(28-20-12-4)45(31-23-15-7)41(37-43)29-21-13-5;2*1-2;/h34-37H,9-33H2,1-8H3;2*1H2,2H3;/q;2*-1;+2. The van der Waals surface area contributed by atoms with Gasteiger partial charge in [-0.25, -0.2) is 4.70 Å². The summed E-state index contributed by atoms with van der Waals surface area (Å²) in [4.78, 5) is 0. The third kappa shape index (κ3) is 16.4. The van der Waals surface area contributed by atoms with Gasteiger partial charge in [0, 0.05) is 22.3 Å². The van der Waals surface area contributed by atoms with Crippen molar-refractivity contribution in [2.75, 3.05) is 0 Å². The Kier molecular flexibility index (Phi) is 32.0. The van der Waals surface area contributed by atoms with Crippen molar-refractivity contribution in [2.24, 2.45) is 0 Å². The maximum absolute atomic E-state index is 12.8. The fourth-order valence-electron chi connectivity index (χ4n) is 8.27. The fourth-order valence-corrected chi connectivity index (χ4v) is 8.27. The molecule has 2 aromatic rings. The Morgan fingerprint density at radius 2 is 0.625 bits per heavy atom. The van der Waals surface area contributed by atoms with Gasteiger partial charge < -0.3 is 19.4 Å². The molecule has 320 valence electrons. The molecule has 3 rings (SSSR count). The van der Waals surface area contributed by atoms with E-state index in [1.54, 1.807) is 29.7 Å². The molecule has 0 aliphatic carbocycles. The van der Waals surface area contributed by atoms with Crippen molar-refractivity contribution in [3.8, 4) is 0 Å². The van der Waals surface area contributed by atoms with Crippen LogP contribution in [0.3, 0.4) is 0 Å². The average molecular weight is 860 g/mol. The molecule has 1 heterocycles. The van der Waals surface area contributed by atoms with Crippen LogP contribution in [0.25, 0.3) is 16.9 Å². The second-order valence-electron chi connectivity index (χ2n) is 15.7. The summed E-state index contributed by atoms with van der Waals surface area (Å²) in [6, 6.07) is 10.1. The normalized spacial score (nSPS) is 12.4. The zero-order valence-corrected chi connectivity index (χ0v) is 40.2. The van der Waals surface area contributed by atoms with Crippen LogP contribution < -0.4 is 0 Å². The molecule has 0 fully saturated rings. The second kappa shape index (κ2) is 33.1. The Bertz CT molecular complexity index is 1370. The molecule has 0 N–H and O–H groups in total. The number of rotatable bonds is 27. The van der Waals surface area contributed by atoms with Crippen LogP contribution in [-0.2, 0) is 58.9 Å². The summed E-state index contributed by atoms with van der Waals surface area (Å²) in [6.07, 6.45) is 29.5. The van der Waals surface area contributed by atoms with Crippen LogP contribution in [0.1, 0.15) is 236 Å². The van der Waals surface area contributed by atoms with E-state index in [0.717, 1.165) is 62.8 Å². The van der Waals surface area contributed by atoms with E-state index in [9.17, 15) is 5.53 Å². The summed E-state index contributed by atoms with van der Waals surface area (Å²) in [5.74, 6) is 0. The summed E-state index contributed by atoms with van der Waals surface area (Å²) in [5.41, 5.74) is 29.6. The molecule has 0 unspecified atom stereocenters. The summed E-state index contributed by atoms with van der Waals surface area (Å²) in [6.45, 7) is 28.6. The zero-order chi connectivity index (χ0) is 41.0. The van der Waals surface area contributed by atoms with Crippen LogP contribution in [0.2, 0.25) is 0 Å². The van der Waals surface area contributed by atoms with Crippen LogP contribution in [-0.4, -0.2) is 4.70 Å². The van der Waals surface area contributed by atoms with Crippen molar-refractivity contribution in [3.05, 3.63) is 99.3 Å². The van der Waals surface area contributed by atoms with Gasteiger partial charge in [-0.2, -0.15) is 13.8 Å². The van der Waals surface area contributed by atoms with Crippen molar-refractivity contribution in [1.82, 2.24) is 0 Å². The first kappa shape index (κ1) is 54.2. The van der Waals surface area contributed by atoms with Gasteiger partial charge in [0.2, 0.25) is 11.4 Å². The number of unbranched alkanes of at least 4 members (excludes halogenated alkanes) is 9. The van der Waals surface area contributed by atoms with Crippen LogP contribution in [0, 0.1) is 13.8 Å². The van der Waals surface area contributed by atoms with Gasteiger partial charge in [-0.05, 0) is 160 Å². The minimum absolute atomic E-state index is 0. The fraction of sp³-hybridized carbons (Fsp3) is 0.660. The predicted octanol–water partition coefficient (Wildman–Crippen LogP) is 17.4. The van der Waals surface area contributed by atoms with Crippen molar-refractivity contribution in [3.63, 3.8) is 0 Å². The van der Waals surface area contributed by atoms with Crippen LogP contribution in [0.4, 0.5) is 0 Å². The Labute approximate surface area is 363 Å². The van der Waals surface area contributed by atoms with Crippen LogP contribution in [0.5, 0.6) is 0 Å². The van der Waals surface area contributed by atoms with Gasteiger partial charge in [-0.1, -0.05) is 113 Å². The van der Waals surface area contributed by atoms with E-state index in [4.69, 9.17) is 0 Å². The summed E-state index contributed by atoms with van der Waals surface area (Å²) in [5, 5.41) is 0. The molecule has 0 radical (unpaired) electrons. The SMILES string of the molecule is CCCCCC1=C(c2cc(CCCC)c(CCCC)c(CCCC)c2)[N+](=[N-])C(c2cc(CCCC)c(CCCC)c(CCCC)c2)=C1CCCC.[CH2-]C.[CH2-]C.[Pd+2]. The Morgan fingerprint density at radius 1 is 0.375 bits per heavy atom. The van der Waals surface area contributed by atoms with E-state index in [0.29, 0.717) is 0 Å². The molecule has 1 aliphatic heterocycles. The first-order valence-electron chi connectivity index (χ1n) is 23.6. The van der Waals surface area contributed by atoms with Crippen LogP contribution in [0.15, 0.2) is 35.4 Å². The maximum atomic E-state index is 12.8. The number of nitrogens with zero attached hydrogens (tertiary/aromatic N) is 2. The van der Waals surface area contributed by atoms with Gasteiger partial charge in [0.05, 0.1) is 0 Å². The van der Waals surface area contributed by atoms with E-state index in [2.05, 4.69) is 93.5 Å². The Morgan fingerprint density at radius 3 is 0.911 bits per heavy atom. The molecule has 0 amide bonds. The second-order valence-corrected chi connectivity index (χ2v) is 15.7. The molecule has 0 atom stereocenters. The molecular formula is C53H88N2Pd. The van der Waals surface area contributed by atoms with Crippen LogP contribution >= 0.6 is 0 Å². The molecule has 1 aliphatic rings. The molecule has 0 saturated heterocycles. The summed E-state index contributed by atoms with van der Waals surface area (Å²) in [7, 11) is 0. The zero-order valence-electron chi connectivity index (χ0n) is 38.6. The number of hydrogen-bond acceptors (Lipinski definition) is 0. The van der Waals surface area contributed by atoms with Crippen molar-refractivity contribution < 1.29 is 25.1 Å². The molecule has 3 heteroatoms. The van der Waals surface area contributed by atoms with E-state index in [-0.39, 0.29) is 20.4 Å². The Balaban J connectivity index is 0.00000585. The third-order valence-corrected chi connectivity index (χ3v) is 11.3. The van der Waals surface area contributed by atoms with Gasteiger partial charge in [0.25, 0.3) is 0 Å². The first-order valence-corrected chi connectivity index (χ1v) is 23.6. The average Bonchev–Trinajstić information content (AvgIpc) is 3.49. The number of aryl methyl sites for hydroxylation is 4. The molecule has 2 aromatic carbocycles. The summed E-state index contributed by atoms with van der Waals surface area (Å²) < 4.78 is 1.70. The van der Waals surface area contributed by atoms with Crippen molar-refractivity contribution in [2.45, 2.75) is 230 Å². The van der Waals surface area contributed by atoms with Crippen molar-refractivity contribution >= 4 is 11.4 Å². The van der Waals surface area contributed by atoms with Gasteiger partial charge in [-0.15, -0.1) is 0 Å². The van der Waals surface area contributed by atoms with Gasteiger partial charge in [-0.3, -0.25) is 0 Å². The molecule has 2 nitrogen and oxygen atoms in total. The minimum atomic E-state index is 0. The maximum Gasteiger partial charge on any atom is 2.00 e. The van der Waals surface area contributed by atoms with Gasteiger partial charge in [0.1, 0.15) is 0 Å². The molecule has 0 spiro atoms. The molecule has 0 saturated carbocycles. The third-order valence-electron chi connectivity index (χ3n) is 11.3. The predicted molar refractivity (Wildman–Crippen MR) is 248 cm³/mol. The summed E-state index contributed by atoms with van der Waals surface area (Å²) >= 11 is 0. The van der Waals surface area contributed by atoms with E-state index in [1.165, 1.54) is 154 Å². The molecule has 56 heavy (non-hydrogen) atoms. The van der Waals surface area contributed by atoms with E-state index < -0.39 is 0 Å². The number of hydrogen-bond donors (Lipinski definition) is 0. The smallest absolute Gasteiger partial charge is 0.493 e. The van der Waals surface area contributed by atoms with Crippen molar-refractivity contribution in [1.29, 1.82) is 0 Å². The molecule has 0 bridgehead atoms. The van der Waals surface area contributed by atoms with Gasteiger partial charge in [0.15, 0.2) is 0 Å². The molecular weight excluding hydrogens is 771 g/mol. The topological polar surface area (TPSA) is 25.3 Å². The van der Waals surface area contributed by atoms with E-state index >= 15 is 0 Å². The largest absolute Gasteiger partial charge is 2.00 e. The van der Waals surface area contributed by atoms with E-state index in [1.807, 2.05) is 0 Å². The monoisotopic (exact) mass is 859 g/mol. The minimum Gasteiger partial charge on any atom is -0.493 e. The number of benzene rings is 2. The first-order chi connectivity index (χ1) is 26.9.